The van der Waals surface area contributed by atoms with Crippen molar-refractivity contribution in [1.29, 1.82) is 0 Å². The molecule has 1 aliphatic heterocycles. The number of nitrogens with two attached hydrogens (primary N) is 1. The first-order valence-electron chi connectivity index (χ1n) is 5.38. The van der Waals surface area contributed by atoms with E-state index < -0.39 is 0 Å². The Morgan fingerprint density at radius 2 is 2.29 bits per heavy atom. The van der Waals surface area contributed by atoms with Crippen molar-refractivity contribution in [2.24, 2.45) is 0 Å². The molecule has 0 saturated carbocycles. The van der Waals surface area contributed by atoms with Crippen LogP contribution in [0.1, 0.15) is 13.8 Å². The fourth-order valence-electron chi connectivity index (χ4n) is 1.63. The van der Waals surface area contributed by atoms with Crippen molar-refractivity contribution in [3.63, 3.8) is 0 Å². The molecule has 92 valence electrons. The van der Waals surface area contributed by atoms with Crippen LogP contribution >= 0.6 is 0 Å². The Labute approximate surface area is 99.5 Å². The van der Waals surface area contributed by atoms with Crippen molar-refractivity contribution in [1.82, 2.24) is 4.98 Å². The fourth-order valence-corrected chi connectivity index (χ4v) is 1.63. The van der Waals surface area contributed by atoms with Crippen molar-refractivity contribution in [3.8, 4) is 0 Å². The minimum absolute atomic E-state index is 0.0781. The van der Waals surface area contributed by atoms with Crippen LogP contribution in [0.2, 0.25) is 0 Å². The molecule has 0 spiro atoms. The van der Waals surface area contributed by atoms with Crippen LogP contribution in [0.3, 0.4) is 0 Å². The van der Waals surface area contributed by atoms with Crippen LogP contribution in [0.4, 0.5) is 17.2 Å². The monoisotopic (exact) mass is 236 g/mol. The van der Waals surface area contributed by atoms with Gasteiger partial charge in [-0.3, -0.25) is 4.79 Å². The lowest BCUT2D eigenvalue weighted by Crippen LogP contribution is -2.53. The van der Waals surface area contributed by atoms with Crippen molar-refractivity contribution >= 4 is 23.1 Å². The molecule has 0 unspecified atom stereocenters. The number of carbonyl (C=O) groups excluding carboxylic acids is 1. The fraction of sp³-hybridized carbons (Fsp3) is 0.455. The van der Waals surface area contributed by atoms with E-state index >= 15 is 0 Å². The summed E-state index contributed by atoms with van der Waals surface area (Å²) in [4.78, 5) is 15.0. The normalized spacial score (nSPS) is 17.1. The highest BCUT2D eigenvalue weighted by molar-refractivity contribution is 5.88. The summed E-state index contributed by atoms with van der Waals surface area (Å²) >= 11 is 0. The van der Waals surface area contributed by atoms with E-state index in [0.29, 0.717) is 24.7 Å². The first-order valence-corrected chi connectivity index (χ1v) is 5.38. The van der Waals surface area contributed by atoms with Crippen LogP contribution in [0.25, 0.3) is 0 Å². The number of nitrogens with zero attached hydrogens (tertiary/aromatic N) is 1. The molecule has 1 aliphatic rings. The highest BCUT2D eigenvalue weighted by atomic mass is 16.5. The molecule has 4 N–H and O–H groups in total. The summed E-state index contributed by atoms with van der Waals surface area (Å²) in [6.45, 7) is 4.79. The number of nitrogens with one attached hydrogen (secondary N) is 2. The quantitative estimate of drug-likeness (QED) is 0.723. The van der Waals surface area contributed by atoms with Gasteiger partial charge in [-0.1, -0.05) is 0 Å². The first kappa shape index (κ1) is 11.7. The standard InChI is InChI=1S/C11H16N4O2/c1-7(16)14-10-3-8(12)9(4-13-10)15-11(2)5-17-6-11/h3-4,15H,5-6H2,1-2H3,(H3,12,13,14,16). The maximum Gasteiger partial charge on any atom is 0.222 e. The van der Waals surface area contributed by atoms with Crippen LogP contribution in [0.5, 0.6) is 0 Å². The first-order chi connectivity index (χ1) is 7.98. The van der Waals surface area contributed by atoms with Crippen molar-refractivity contribution in [3.05, 3.63) is 12.3 Å². The third-order valence-corrected chi connectivity index (χ3v) is 2.52. The van der Waals surface area contributed by atoms with Crippen LogP contribution in [0.15, 0.2) is 12.3 Å². The predicted molar refractivity (Wildman–Crippen MR) is 65.8 cm³/mol. The van der Waals surface area contributed by atoms with Crippen LogP contribution in [0, 0.1) is 0 Å². The molecule has 6 heteroatoms. The van der Waals surface area contributed by atoms with E-state index in [-0.39, 0.29) is 11.4 Å². The maximum absolute atomic E-state index is 10.9. The van der Waals surface area contributed by atoms with Gasteiger partial charge in [0.25, 0.3) is 0 Å². The van der Waals surface area contributed by atoms with Crippen molar-refractivity contribution in [2.75, 3.05) is 29.6 Å². The predicted octanol–water partition coefficient (Wildman–Crippen LogP) is 0.823. The van der Waals surface area contributed by atoms with Gasteiger partial charge in [-0.2, -0.15) is 0 Å². The average Bonchev–Trinajstić information content (AvgIpc) is 2.19. The van der Waals surface area contributed by atoms with E-state index in [9.17, 15) is 4.79 Å². The molecule has 1 saturated heterocycles. The summed E-state index contributed by atoms with van der Waals surface area (Å²) in [5, 5.41) is 5.86. The van der Waals surface area contributed by atoms with Gasteiger partial charge < -0.3 is 21.1 Å². The molecule has 0 bridgehead atoms. The summed E-state index contributed by atoms with van der Waals surface area (Å²) in [5.74, 6) is 0.285. The molecule has 17 heavy (non-hydrogen) atoms. The molecular formula is C11H16N4O2. The zero-order valence-electron chi connectivity index (χ0n) is 9.91. The van der Waals surface area contributed by atoms with Crippen molar-refractivity contribution in [2.45, 2.75) is 19.4 Å². The highest BCUT2D eigenvalue weighted by Crippen LogP contribution is 2.27. The van der Waals surface area contributed by atoms with E-state index in [2.05, 4.69) is 22.5 Å². The van der Waals surface area contributed by atoms with Gasteiger partial charge in [-0.25, -0.2) is 4.98 Å². The lowest BCUT2D eigenvalue weighted by atomic mass is 10.0. The number of hydrogen-bond donors (Lipinski definition) is 3. The molecule has 2 rings (SSSR count). The summed E-state index contributed by atoms with van der Waals surface area (Å²) in [7, 11) is 0. The SMILES string of the molecule is CC(=O)Nc1cc(N)c(NC2(C)COC2)cn1. The van der Waals surface area contributed by atoms with Gasteiger partial charge >= 0.3 is 0 Å². The summed E-state index contributed by atoms with van der Waals surface area (Å²) in [6, 6.07) is 1.63. The van der Waals surface area contributed by atoms with Crippen LogP contribution in [-0.4, -0.2) is 29.6 Å². The zero-order valence-corrected chi connectivity index (χ0v) is 9.91. The van der Waals surface area contributed by atoms with E-state index in [1.165, 1.54) is 6.92 Å². The minimum atomic E-state index is -0.169. The second-order valence-corrected chi connectivity index (χ2v) is 4.52. The lowest BCUT2D eigenvalue weighted by molar-refractivity contribution is -0.114. The Balaban J connectivity index is 2.11. The topological polar surface area (TPSA) is 89.3 Å². The van der Waals surface area contributed by atoms with Gasteiger partial charge in [-0.15, -0.1) is 0 Å². The molecule has 6 nitrogen and oxygen atoms in total. The number of rotatable bonds is 3. The lowest BCUT2D eigenvalue weighted by Gasteiger charge is -2.39. The molecule has 0 aromatic carbocycles. The Hall–Kier alpha value is -1.82. The summed E-state index contributed by atoms with van der Waals surface area (Å²) in [5.41, 5.74) is 7.12. The molecule has 1 amide bonds. The van der Waals surface area contributed by atoms with Gasteiger partial charge in [0.15, 0.2) is 0 Å². The third kappa shape index (κ3) is 2.65. The number of hydrogen-bond acceptors (Lipinski definition) is 5. The highest BCUT2D eigenvalue weighted by Gasteiger charge is 2.33. The Bertz CT molecular complexity index is 443. The van der Waals surface area contributed by atoms with Crippen molar-refractivity contribution < 1.29 is 9.53 Å². The van der Waals surface area contributed by atoms with Gasteiger partial charge in [-0.05, 0) is 6.92 Å². The van der Waals surface area contributed by atoms with E-state index in [4.69, 9.17) is 10.5 Å². The smallest absolute Gasteiger partial charge is 0.222 e. The number of anilines is 3. The Morgan fingerprint density at radius 1 is 1.59 bits per heavy atom. The summed E-state index contributed by atoms with van der Waals surface area (Å²) in [6.07, 6.45) is 1.62. The second-order valence-electron chi connectivity index (χ2n) is 4.52. The third-order valence-electron chi connectivity index (χ3n) is 2.52. The zero-order chi connectivity index (χ0) is 12.5. The second kappa shape index (κ2) is 4.21. The maximum atomic E-state index is 10.9. The van der Waals surface area contributed by atoms with Gasteiger partial charge in [0.2, 0.25) is 5.91 Å². The minimum Gasteiger partial charge on any atom is -0.397 e. The van der Waals surface area contributed by atoms with Gasteiger partial charge in [0.05, 0.1) is 36.3 Å². The van der Waals surface area contributed by atoms with E-state index in [1.54, 1.807) is 12.3 Å². The molecule has 0 radical (unpaired) electrons. The average molecular weight is 236 g/mol. The number of amides is 1. The number of ether oxygens (including phenoxy) is 1. The number of carbonyl (C=O) groups is 1. The van der Waals surface area contributed by atoms with Gasteiger partial charge in [0.1, 0.15) is 5.82 Å². The Morgan fingerprint density at radius 3 is 2.76 bits per heavy atom. The summed E-state index contributed by atoms with van der Waals surface area (Å²) < 4.78 is 5.15. The van der Waals surface area contributed by atoms with E-state index in [0.717, 1.165) is 5.69 Å². The van der Waals surface area contributed by atoms with Crippen LogP contribution in [-0.2, 0) is 9.53 Å². The van der Waals surface area contributed by atoms with Crippen LogP contribution < -0.4 is 16.4 Å². The molecule has 0 aliphatic carbocycles. The molecule has 1 fully saturated rings. The largest absolute Gasteiger partial charge is 0.397 e. The van der Waals surface area contributed by atoms with Gasteiger partial charge in [0, 0.05) is 13.0 Å². The number of pyridine rings is 1. The number of nitrogen functional groups attached to an aromatic ring is 1. The Kier molecular flexibility index (Phi) is 2.89. The molecular weight excluding hydrogens is 220 g/mol. The molecule has 0 atom stereocenters. The number of aromatic nitrogens is 1. The molecule has 1 aromatic rings. The molecule has 1 aromatic heterocycles. The molecule has 2 heterocycles. The van der Waals surface area contributed by atoms with E-state index in [1.807, 2.05) is 0 Å².